The monoisotopic (exact) mass is 1220 g/mol. The molecule has 3 N–H and O–H groups in total. The average Bonchev–Trinajstić information content (AvgIpc) is 3.54. The summed E-state index contributed by atoms with van der Waals surface area (Å²) in [4.78, 5) is 24.6. The molecule has 0 aromatic rings. The highest BCUT2D eigenvalue weighted by Gasteiger charge is 2.20. The number of unbranched alkanes of at least 4 members (excludes halogenated alkanes) is 55. The van der Waals surface area contributed by atoms with E-state index in [1.54, 1.807) is 0 Å². The number of rotatable bonds is 74. The van der Waals surface area contributed by atoms with E-state index in [1.807, 2.05) is 0 Å². The summed E-state index contributed by atoms with van der Waals surface area (Å²) >= 11 is 0. The van der Waals surface area contributed by atoms with Crippen LogP contribution in [0, 0.1) is 0 Å². The highest BCUT2D eigenvalue weighted by molar-refractivity contribution is 5.76. The first-order valence-corrected chi connectivity index (χ1v) is 39.4. The molecular weight excluding hydrogens is 1070 g/mol. The van der Waals surface area contributed by atoms with Crippen molar-refractivity contribution in [2.45, 2.75) is 443 Å². The molecule has 0 saturated heterocycles. The molecule has 2 unspecified atom stereocenters. The lowest BCUT2D eigenvalue weighted by Crippen LogP contribution is -2.45. The number of allylic oxidation sites excluding steroid dienone is 8. The number of aliphatic hydroxyl groups excluding tert-OH is 2. The van der Waals surface area contributed by atoms with Crippen LogP contribution in [0.15, 0.2) is 48.6 Å². The van der Waals surface area contributed by atoms with E-state index in [0.29, 0.717) is 25.9 Å². The van der Waals surface area contributed by atoms with E-state index in [0.717, 1.165) is 57.8 Å². The van der Waals surface area contributed by atoms with Crippen LogP contribution in [0.1, 0.15) is 431 Å². The van der Waals surface area contributed by atoms with Gasteiger partial charge in [0.05, 0.1) is 25.4 Å². The second-order valence-electron chi connectivity index (χ2n) is 27.0. The van der Waals surface area contributed by atoms with Crippen LogP contribution in [0.5, 0.6) is 0 Å². The minimum Gasteiger partial charge on any atom is -0.466 e. The molecule has 0 fully saturated rings. The summed E-state index contributed by atoms with van der Waals surface area (Å²) in [7, 11) is 0. The highest BCUT2D eigenvalue weighted by Crippen LogP contribution is 2.19. The van der Waals surface area contributed by atoms with Gasteiger partial charge >= 0.3 is 5.97 Å². The number of amides is 1. The molecule has 87 heavy (non-hydrogen) atoms. The zero-order valence-corrected chi connectivity index (χ0v) is 58.8. The van der Waals surface area contributed by atoms with Crippen LogP contribution < -0.4 is 5.32 Å². The summed E-state index contributed by atoms with van der Waals surface area (Å²) in [5.41, 5.74) is 0. The normalized spacial score (nSPS) is 12.7. The first-order valence-electron chi connectivity index (χ1n) is 39.4. The van der Waals surface area contributed by atoms with Crippen molar-refractivity contribution < 1.29 is 24.5 Å². The van der Waals surface area contributed by atoms with Gasteiger partial charge in [0.15, 0.2) is 0 Å². The average molecular weight is 1220 g/mol. The predicted molar refractivity (Wildman–Crippen MR) is 384 cm³/mol. The van der Waals surface area contributed by atoms with Crippen molar-refractivity contribution in [2.75, 3.05) is 13.2 Å². The highest BCUT2D eigenvalue weighted by atomic mass is 16.5. The first-order chi connectivity index (χ1) is 43.0. The van der Waals surface area contributed by atoms with Gasteiger partial charge in [-0.05, 0) is 83.5 Å². The number of nitrogens with one attached hydrogen (secondary N) is 1. The molecule has 0 saturated carbocycles. The third-order valence-electron chi connectivity index (χ3n) is 18.4. The molecule has 0 aliphatic carbocycles. The second-order valence-corrected chi connectivity index (χ2v) is 27.0. The van der Waals surface area contributed by atoms with Gasteiger partial charge in [-0.2, -0.15) is 0 Å². The smallest absolute Gasteiger partial charge is 0.305 e. The lowest BCUT2D eigenvalue weighted by atomic mass is 10.0. The van der Waals surface area contributed by atoms with E-state index < -0.39 is 12.1 Å². The van der Waals surface area contributed by atoms with Gasteiger partial charge in [0.1, 0.15) is 0 Å². The molecule has 6 heteroatoms. The van der Waals surface area contributed by atoms with Crippen LogP contribution >= 0.6 is 0 Å². The predicted octanol–water partition coefficient (Wildman–Crippen LogP) is 26.0. The Hall–Kier alpha value is -2.18. The molecular formula is C81H153NO5. The van der Waals surface area contributed by atoms with Crippen LogP contribution in [0.3, 0.4) is 0 Å². The van der Waals surface area contributed by atoms with Gasteiger partial charge in [-0.1, -0.05) is 383 Å². The Labute approximate surface area is 544 Å². The Morgan fingerprint density at radius 1 is 0.322 bits per heavy atom. The van der Waals surface area contributed by atoms with Crippen LogP contribution in [0.4, 0.5) is 0 Å². The van der Waals surface area contributed by atoms with Gasteiger partial charge in [0.25, 0.3) is 0 Å². The topological polar surface area (TPSA) is 95.9 Å². The van der Waals surface area contributed by atoms with Gasteiger partial charge < -0.3 is 20.3 Å². The Kier molecular flexibility index (Phi) is 74.4. The van der Waals surface area contributed by atoms with Crippen molar-refractivity contribution in [1.82, 2.24) is 5.32 Å². The molecule has 2 atom stereocenters. The molecule has 0 aromatic heterocycles. The lowest BCUT2D eigenvalue weighted by molar-refractivity contribution is -0.143. The minimum atomic E-state index is -0.663. The number of carbonyl (C=O) groups excluding carboxylic acids is 2. The Bertz CT molecular complexity index is 1450. The van der Waals surface area contributed by atoms with Gasteiger partial charge in [-0.25, -0.2) is 0 Å². The lowest BCUT2D eigenvalue weighted by Gasteiger charge is -2.22. The molecule has 0 radical (unpaired) electrons. The SMILES string of the molecule is CCCC/C=C\C/C=C\CCCCCCCC(=O)OCCCCCCCCCCCCCCCCC/C=C\C/C=C\CCCCCCCCCCCCCCCCCCCC(=O)NC(CO)C(O)CCCCCCCCCCCCCCCCCCC. The zero-order chi connectivity index (χ0) is 62.8. The number of esters is 1. The fourth-order valence-corrected chi connectivity index (χ4v) is 12.3. The maximum absolute atomic E-state index is 12.5. The Morgan fingerprint density at radius 3 is 0.908 bits per heavy atom. The minimum absolute atomic E-state index is 0.00589. The van der Waals surface area contributed by atoms with E-state index in [-0.39, 0.29) is 18.5 Å². The van der Waals surface area contributed by atoms with Crippen LogP contribution in [-0.4, -0.2) is 47.4 Å². The number of aliphatic hydroxyl groups is 2. The number of carbonyl (C=O) groups is 2. The molecule has 0 spiro atoms. The second kappa shape index (κ2) is 76.3. The van der Waals surface area contributed by atoms with E-state index in [1.165, 1.54) is 340 Å². The van der Waals surface area contributed by atoms with Crippen LogP contribution in [-0.2, 0) is 14.3 Å². The zero-order valence-electron chi connectivity index (χ0n) is 58.8. The van der Waals surface area contributed by atoms with Crippen molar-refractivity contribution in [3.05, 3.63) is 48.6 Å². The van der Waals surface area contributed by atoms with Gasteiger partial charge in [0.2, 0.25) is 5.91 Å². The molecule has 512 valence electrons. The standard InChI is InChI=1S/C81H153NO5/c1-3-5-7-9-11-13-15-17-19-43-46-49-53-57-61-65-69-73-79(84)78(77-83)82-80(85)74-70-66-62-58-54-50-47-44-41-39-37-35-33-31-29-27-25-23-21-20-22-24-26-28-30-32-34-36-38-40-42-45-48-52-56-60-64-68-72-76-87-81(86)75-71-67-63-59-55-51-18-16-14-12-10-8-6-4-2/h10,12,16,18,20-21,24,26,78-79,83-84H,3-9,11,13-15,17,19,22-23,25,27-77H2,1-2H3,(H,82,85)/b12-10-,18-16-,21-20-,26-24-. The van der Waals surface area contributed by atoms with Gasteiger partial charge in [0, 0.05) is 12.8 Å². The summed E-state index contributed by atoms with van der Waals surface area (Å²) in [5.74, 6) is -0.0224. The maximum atomic E-state index is 12.5. The van der Waals surface area contributed by atoms with Crippen molar-refractivity contribution in [1.29, 1.82) is 0 Å². The third-order valence-corrected chi connectivity index (χ3v) is 18.4. The summed E-state index contributed by atoms with van der Waals surface area (Å²) in [6, 6.07) is -0.540. The Balaban J connectivity index is 3.35. The van der Waals surface area contributed by atoms with Crippen molar-refractivity contribution in [2.24, 2.45) is 0 Å². The molecule has 0 aliphatic rings. The van der Waals surface area contributed by atoms with E-state index >= 15 is 0 Å². The van der Waals surface area contributed by atoms with E-state index in [9.17, 15) is 19.8 Å². The fraction of sp³-hybridized carbons (Fsp3) is 0.877. The van der Waals surface area contributed by atoms with E-state index in [2.05, 4.69) is 67.8 Å². The summed E-state index contributed by atoms with van der Waals surface area (Å²) in [6.07, 6.45) is 101. The van der Waals surface area contributed by atoms with Gasteiger partial charge in [-0.15, -0.1) is 0 Å². The number of hydrogen-bond acceptors (Lipinski definition) is 5. The van der Waals surface area contributed by atoms with Crippen molar-refractivity contribution in [3.63, 3.8) is 0 Å². The maximum Gasteiger partial charge on any atom is 0.305 e. The quantitative estimate of drug-likeness (QED) is 0.0320. The summed E-state index contributed by atoms with van der Waals surface area (Å²) in [5, 5.41) is 23.4. The number of ether oxygens (including phenoxy) is 1. The van der Waals surface area contributed by atoms with Crippen LogP contribution in [0.2, 0.25) is 0 Å². The largest absolute Gasteiger partial charge is 0.466 e. The fourth-order valence-electron chi connectivity index (χ4n) is 12.3. The molecule has 0 heterocycles. The van der Waals surface area contributed by atoms with E-state index in [4.69, 9.17) is 4.74 Å². The molecule has 0 bridgehead atoms. The van der Waals surface area contributed by atoms with Crippen LogP contribution in [0.25, 0.3) is 0 Å². The third kappa shape index (κ3) is 72.8. The van der Waals surface area contributed by atoms with Gasteiger partial charge in [-0.3, -0.25) is 9.59 Å². The first kappa shape index (κ1) is 84.8. The molecule has 0 rings (SSSR count). The summed E-state index contributed by atoms with van der Waals surface area (Å²) in [6.45, 7) is 4.94. The van der Waals surface area contributed by atoms with Crippen molar-refractivity contribution in [3.8, 4) is 0 Å². The number of hydrogen-bond donors (Lipinski definition) is 3. The molecule has 0 aliphatic heterocycles. The molecule has 1 amide bonds. The molecule has 0 aromatic carbocycles. The van der Waals surface area contributed by atoms with Crippen molar-refractivity contribution >= 4 is 11.9 Å². The summed E-state index contributed by atoms with van der Waals surface area (Å²) < 4.78 is 5.49. The molecule has 6 nitrogen and oxygen atoms in total. The Morgan fingerprint density at radius 2 is 0.586 bits per heavy atom.